The van der Waals surface area contributed by atoms with Crippen LogP contribution in [0.25, 0.3) is 0 Å². The molecule has 1 N–H and O–H groups in total. The second-order valence-electron chi connectivity index (χ2n) is 5.98. The monoisotopic (exact) mass is 395 g/mol. The molecule has 0 spiro atoms. The first-order chi connectivity index (χ1) is 12.8. The van der Waals surface area contributed by atoms with Crippen molar-refractivity contribution in [3.8, 4) is 5.75 Å². The molecule has 3 rings (SSSR count). The standard InChI is InChI=1S/C17H18FN3O5S/c1-26-16-10-14(21(22)23)5-6-17(16)27(24,25)20-8-7-19-11-15(20)12-3-2-4-13(18)9-12/h2-6,9-10,15,19H,7-8,11H2,1H3. The van der Waals surface area contributed by atoms with Crippen LogP contribution in [-0.2, 0) is 10.0 Å². The SMILES string of the molecule is COc1cc([N+](=O)[O-])ccc1S(=O)(=O)N1CCNCC1c1cccc(F)c1. The Morgan fingerprint density at radius 3 is 2.74 bits per heavy atom. The lowest BCUT2D eigenvalue weighted by molar-refractivity contribution is -0.385. The minimum Gasteiger partial charge on any atom is -0.495 e. The van der Waals surface area contributed by atoms with Gasteiger partial charge in [-0.1, -0.05) is 12.1 Å². The Bertz CT molecular complexity index is 967. The average molecular weight is 395 g/mol. The van der Waals surface area contributed by atoms with Crippen molar-refractivity contribution in [2.24, 2.45) is 0 Å². The summed E-state index contributed by atoms with van der Waals surface area (Å²) in [5, 5.41) is 14.1. The van der Waals surface area contributed by atoms with E-state index in [0.717, 1.165) is 18.2 Å². The fourth-order valence-corrected chi connectivity index (χ4v) is 4.83. The van der Waals surface area contributed by atoms with Gasteiger partial charge in [-0.05, 0) is 23.8 Å². The van der Waals surface area contributed by atoms with Crippen molar-refractivity contribution in [3.05, 3.63) is 64.0 Å². The summed E-state index contributed by atoms with van der Waals surface area (Å²) in [6.45, 7) is 0.919. The topological polar surface area (TPSA) is 102 Å². The fourth-order valence-electron chi connectivity index (χ4n) is 3.08. The highest BCUT2D eigenvalue weighted by atomic mass is 32.2. The maximum absolute atomic E-state index is 13.6. The van der Waals surface area contributed by atoms with Gasteiger partial charge in [0.05, 0.1) is 24.1 Å². The number of nitro benzene ring substituents is 1. The largest absolute Gasteiger partial charge is 0.495 e. The third-order valence-corrected chi connectivity index (χ3v) is 6.32. The van der Waals surface area contributed by atoms with E-state index in [4.69, 9.17) is 4.74 Å². The molecule has 1 aliphatic heterocycles. The molecule has 2 aromatic carbocycles. The predicted molar refractivity (Wildman–Crippen MR) is 95.6 cm³/mol. The Morgan fingerprint density at radius 2 is 2.07 bits per heavy atom. The van der Waals surface area contributed by atoms with Crippen molar-refractivity contribution >= 4 is 15.7 Å². The summed E-state index contributed by atoms with van der Waals surface area (Å²) in [5.74, 6) is -0.566. The van der Waals surface area contributed by atoms with Crippen LogP contribution in [-0.4, -0.2) is 44.4 Å². The quantitative estimate of drug-likeness (QED) is 0.614. The van der Waals surface area contributed by atoms with E-state index in [1.54, 1.807) is 6.07 Å². The fraction of sp³-hybridized carbons (Fsp3) is 0.294. The molecule has 144 valence electrons. The highest BCUT2D eigenvalue weighted by Gasteiger charge is 2.36. The predicted octanol–water partition coefficient (Wildman–Crippen LogP) is 2.08. The van der Waals surface area contributed by atoms with Gasteiger partial charge in [0, 0.05) is 25.7 Å². The molecule has 8 nitrogen and oxygen atoms in total. The number of nitro groups is 1. The van der Waals surface area contributed by atoms with Crippen molar-refractivity contribution in [1.82, 2.24) is 9.62 Å². The van der Waals surface area contributed by atoms with Gasteiger partial charge < -0.3 is 10.1 Å². The summed E-state index contributed by atoms with van der Waals surface area (Å²) in [5.41, 5.74) is 0.249. The molecule has 1 atom stereocenters. The van der Waals surface area contributed by atoms with Crippen LogP contribution in [0, 0.1) is 15.9 Å². The van der Waals surface area contributed by atoms with Crippen LogP contribution in [0.15, 0.2) is 47.4 Å². The molecule has 10 heteroatoms. The first-order valence-corrected chi connectivity index (χ1v) is 9.59. The highest BCUT2D eigenvalue weighted by Crippen LogP contribution is 2.35. The molecule has 1 heterocycles. The van der Waals surface area contributed by atoms with Gasteiger partial charge in [-0.15, -0.1) is 0 Å². The van der Waals surface area contributed by atoms with Gasteiger partial charge in [0.1, 0.15) is 16.5 Å². The zero-order valence-corrected chi connectivity index (χ0v) is 15.3. The van der Waals surface area contributed by atoms with E-state index in [2.05, 4.69) is 5.32 Å². The Morgan fingerprint density at radius 1 is 1.30 bits per heavy atom. The van der Waals surface area contributed by atoms with E-state index in [9.17, 15) is 22.9 Å². The molecule has 1 saturated heterocycles. The number of hydrogen-bond acceptors (Lipinski definition) is 6. The van der Waals surface area contributed by atoms with E-state index < -0.39 is 26.8 Å². The van der Waals surface area contributed by atoms with Crippen molar-refractivity contribution < 1.29 is 22.5 Å². The zero-order valence-electron chi connectivity index (χ0n) is 14.5. The van der Waals surface area contributed by atoms with Crippen LogP contribution < -0.4 is 10.1 Å². The van der Waals surface area contributed by atoms with E-state index >= 15 is 0 Å². The number of rotatable bonds is 5. The third kappa shape index (κ3) is 3.77. The molecule has 0 saturated carbocycles. The number of methoxy groups -OCH3 is 1. The number of piperazine rings is 1. The van der Waals surface area contributed by atoms with Gasteiger partial charge in [-0.25, -0.2) is 12.8 Å². The van der Waals surface area contributed by atoms with Gasteiger partial charge in [0.15, 0.2) is 0 Å². The maximum Gasteiger partial charge on any atom is 0.273 e. The molecular weight excluding hydrogens is 377 g/mol. The number of hydrogen-bond donors (Lipinski definition) is 1. The zero-order chi connectivity index (χ0) is 19.6. The molecule has 2 aromatic rings. The molecule has 0 bridgehead atoms. The Balaban J connectivity index is 2.05. The molecule has 27 heavy (non-hydrogen) atoms. The molecule has 1 fully saturated rings. The summed E-state index contributed by atoms with van der Waals surface area (Å²) in [7, 11) is -2.78. The lowest BCUT2D eigenvalue weighted by Crippen LogP contribution is -2.48. The van der Waals surface area contributed by atoms with Crippen LogP contribution >= 0.6 is 0 Å². The maximum atomic E-state index is 13.6. The van der Waals surface area contributed by atoms with Crippen molar-refractivity contribution in [3.63, 3.8) is 0 Å². The molecule has 0 aliphatic carbocycles. The lowest BCUT2D eigenvalue weighted by atomic mass is 10.1. The van der Waals surface area contributed by atoms with Gasteiger partial charge in [-0.3, -0.25) is 10.1 Å². The van der Waals surface area contributed by atoms with E-state index in [0.29, 0.717) is 18.7 Å². The number of nitrogens with one attached hydrogen (secondary N) is 1. The summed E-state index contributed by atoms with van der Waals surface area (Å²) < 4.78 is 46.5. The van der Waals surface area contributed by atoms with Gasteiger partial charge in [-0.2, -0.15) is 4.31 Å². The molecule has 1 aliphatic rings. The number of nitrogens with zero attached hydrogens (tertiary/aromatic N) is 2. The number of halogens is 1. The third-order valence-electron chi connectivity index (χ3n) is 4.37. The van der Waals surface area contributed by atoms with Crippen LogP contribution in [0.5, 0.6) is 5.75 Å². The van der Waals surface area contributed by atoms with E-state index in [-0.39, 0.29) is 22.9 Å². The summed E-state index contributed by atoms with van der Waals surface area (Å²) in [4.78, 5) is 10.2. The molecule has 0 radical (unpaired) electrons. The Hall–Kier alpha value is -2.56. The average Bonchev–Trinajstić information content (AvgIpc) is 2.67. The first kappa shape index (κ1) is 19.2. The van der Waals surface area contributed by atoms with Crippen molar-refractivity contribution in [1.29, 1.82) is 0 Å². The van der Waals surface area contributed by atoms with Crippen LogP contribution in [0.2, 0.25) is 0 Å². The van der Waals surface area contributed by atoms with Crippen LogP contribution in [0.4, 0.5) is 10.1 Å². The molecule has 0 amide bonds. The summed E-state index contributed by atoms with van der Waals surface area (Å²) >= 11 is 0. The van der Waals surface area contributed by atoms with Gasteiger partial charge in [0.25, 0.3) is 5.69 Å². The van der Waals surface area contributed by atoms with E-state index in [1.165, 1.54) is 29.6 Å². The van der Waals surface area contributed by atoms with Gasteiger partial charge >= 0.3 is 0 Å². The summed E-state index contributed by atoms with van der Waals surface area (Å²) in [6.07, 6.45) is 0. The normalized spacial score (nSPS) is 18.2. The highest BCUT2D eigenvalue weighted by molar-refractivity contribution is 7.89. The van der Waals surface area contributed by atoms with Crippen LogP contribution in [0.3, 0.4) is 0 Å². The first-order valence-electron chi connectivity index (χ1n) is 8.15. The molecular formula is C17H18FN3O5S. The Kier molecular flexibility index (Phi) is 5.40. The second kappa shape index (κ2) is 7.59. The van der Waals surface area contributed by atoms with Crippen LogP contribution in [0.1, 0.15) is 11.6 Å². The smallest absolute Gasteiger partial charge is 0.273 e. The number of benzene rings is 2. The van der Waals surface area contributed by atoms with Crippen molar-refractivity contribution in [2.75, 3.05) is 26.7 Å². The minimum atomic E-state index is -4.03. The minimum absolute atomic E-state index is 0.110. The second-order valence-corrected chi connectivity index (χ2v) is 7.84. The molecule has 1 unspecified atom stereocenters. The number of non-ortho nitro benzene ring substituents is 1. The number of sulfonamides is 1. The summed E-state index contributed by atoms with van der Waals surface area (Å²) in [6, 6.07) is 8.52. The number of ether oxygens (including phenoxy) is 1. The lowest BCUT2D eigenvalue weighted by Gasteiger charge is -2.35. The van der Waals surface area contributed by atoms with E-state index in [1.807, 2.05) is 0 Å². The van der Waals surface area contributed by atoms with Crippen molar-refractivity contribution in [2.45, 2.75) is 10.9 Å². The van der Waals surface area contributed by atoms with Gasteiger partial charge in [0.2, 0.25) is 10.0 Å². The Labute approximate surface area is 155 Å². The molecule has 0 aromatic heterocycles.